The zero-order valence-electron chi connectivity index (χ0n) is 11.3. The Morgan fingerprint density at radius 1 is 1.65 bits per heavy atom. The van der Waals surface area contributed by atoms with Gasteiger partial charge in [0.2, 0.25) is 5.91 Å². The van der Waals surface area contributed by atoms with Crippen LogP contribution in [0.25, 0.3) is 0 Å². The number of likely N-dealkylation sites (N-methyl/N-ethyl adjacent to an activating group) is 1. The summed E-state index contributed by atoms with van der Waals surface area (Å²) in [6.07, 6.45) is 0. The molecule has 0 radical (unpaired) electrons. The van der Waals surface area contributed by atoms with Gasteiger partial charge in [0.25, 0.3) is 0 Å². The van der Waals surface area contributed by atoms with Crippen LogP contribution < -0.4 is 11.1 Å². The molecule has 0 aliphatic carbocycles. The minimum absolute atomic E-state index is 0.000318. The standard InChI is InChI=1S/C12H25N3O2/c1-9(2)15(4)6-5-14-11(16)12(3)8-17-7-10(12)13/h9-10H,5-8,13H2,1-4H3,(H,14,16). The van der Waals surface area contributed by atoms with Gasteiger partial charge in [-0.1, -0.05) is 0 Å². The first kappa shape index (κ1) is 14.4. The van der Waals surface area contributed by atoms with E-state index in [1.807, 2.05) is 14.0 Å². The van der Waals surface area contributed by atoms with E-state index in [2.05, 4.69) is 24.1 Å². The molecular formula is C12H25N3O2. The van der Waals surface area contributed by atoms with E-state index < -0.39 is 5.41 Å². The molecule has 0 aromatic rings. The molecule has 5 nitrogen and oxygen atoms in total. The van der Waals surface area contributed by atoms with Crippen LogP contribution in [0.2, 0.25) is 0 Å². The van der Waals surface area contributed by atoms with Crippen molar-refractivity contribution in [3.63, 3.8) is 0 Å². The molecule has 1 amide bonds. The maximum absolute atomic E-state index is 12.0. The van der Waals surface area contributed by atoms with Crippen molar-refractivity contribution in [3.05, 3.63) is 0 Å². The van der Waals surface area contributed by atoms with Crippen LogP contribution in [-0.4, -0.2) is 56.2 Å². The average Bonchev–Trinajstić information content (AvgIpc) is 2.60. The SMILES string of the molecule is CC(C)N(C)CCNC(=O)C1(C)COCC1N. The number of hydrogen-bond acceptors (Lipinski definition) is 4. The molecule has 0 saturated carbocycles. The second kappa shape index (κ2) is 5.80. The van der Waals surface area contributed by atoms with Gasteiger partial charge in [-0.15, -0.1) is 0 Å². The molecular weight excluding hydrogens is 218 g/mol. The van der Waals surface area contributed by atoms with E-state index in [0.717, 1.165) is 6.54 Å². The summed E-state index contributed by atoms with van der Waals surface area (Å²) in [5.41, 5.74) is 5.32. The molecule has 1 aliphatic rings. The Kier molecular flexibility index (Phi) is 4.91. The zero-order valence-corrected chi connectivity index (χ0v) is 11.3. The van der Waals surface area contributed by atoms with Crippen molar-refractivity contribution in [2.45, 2.75) is 32.9 Å². The molecule has 0 aromatic heterocycles. The summed E-state index contributed by atoms with van der Waals surface area (Å²) in [6, 6.07) is 0.282. The van der Waals surface area contributed by atoms with Gasteiger partial charge in [-0.05, 0) is 27.8 Å². The molecule has 0 spiro atoms. The van der Waals surface area contributed by atoms with Gasteiger partial charge < -0.3 is 20.7 Å². The summed E-state index contributed by atoms with van der Waals surface area (Å²) in [6.45, 7) is 8.50. The van der Waals surface area contributed by atoms with Gasteiger partial charge in [-0.25, -0.2) is 0 Å². The van der Waals surface area contributed by atoms with E-state index in [1.54, 1.807) is 0 Å². The van der Waals surface area contributed by atoms with Crippen molar-refractivity contribution in [3.8, 4) is 0 Å². The Labute approximate surface area is 104 Å². The maximum Gasteiger partial charge on any atom is 0.229 e. The van der Waals surface area contributed by atoms with E-state index in [0.29, 0.717) is 25.8 Å². The van der Waals surface area contributed by atoms with E-state index in [4.69, 9.17) is 10.5 Å². The first-order valence-electron chi connectivity index (χ1n) is 6.20. The van der Waals surface area contributed by atoms with Crippen LogP contribution in [0.4, 0.5) is 0 Å². The number of carbonyl (C=O) groups excluding carboxylic acids is 1. The minimum Gasteiger partial charge on any atom is -0.379 e. The molecule has 3 N–H and O–H groups in total. The lowest BCUT2D eigenvalue weighted by atomic mass is 9.85. The van der Waals surface area contributed by atoms with Crippen LogP contribution in [0.3, 0.4) is 0 Å². The molecule has 100 valence electrons. The third-order valence-corrected chi connectivity index (χ3v) is 3.67. The molecule has 1 heterocycles. The number of ether oxygens (including phenoxy) is 1. The Morgan fingerprint density at radius 2 is 2.29 bits per heavy atom. The highest BCUT2D eigenvalue weighted by atomic mass is 16.5. The highest BCUT2D eigenvalue weighted by molar-refractivity contribution is 5.83. The highest BCUT2D eigenvalue weighted by Gasteiger charge is 2.44. The van der Waals surface area contributed by atoms with Crippen LogP contribution in [0.5, 0.6) is 0 Å². The number of hydrogen-bond donors (Lipinski definition) is 2. The molecule has 17 heavy (non-hydrogen) atoms. The predicted molar refractivity (Wildman–Crippen MR) is 67.7 cm³/mol. The molecule has 1 aliphatic heterocycles. The fourth-order valence-electron chi connectivity index (χ4n) is 1.73. The topological polar surface area (TPSA) is 67.6 Å². The number of nitrogens with one attached hydrogen (secondary N) is 1. The summed E-state index contributed by atoms with van der Waals surface area (Å²) in [5, 5.41) is 2.94. The molecule has 0 aromatic carbocycles. The van der Waals surface area contributed by atoms with Crippen LogP contribution in [0, 0.1) is 5.41 Å². The van der Waals surface area contributed by atoms with Crippen LogP contribution in [-0.2, 0) is 9.53 Å². The second-order valence-corrected chi connectivity index (χ2v) is 5.37. The molecule has 2 atom stereocenters. The van der Waals surface area contributed by atoms with Gasteiger partial charge in [0.1, 0.15) is 0 Å². The van der Waals surface area contributed by atoms with Gasteiger partial charge in [0, 0.05) is 25.2 Å². The lowest BCUT2D eigenvalue weighted by molar-refractivity contribution is -0.130. The smallest absolute Gasteiger partial charge is 0.229 e. The van der Waals surface area contributed by atoms with Gasteiger partial charge in [-0.3, -0.25) is 4.79 Å². The lowest BCUT2D eigenvalue weighted by Crippen LogP contribution is -2.51. The summed E-state index contributed by atoms with van der Waals surface area (Å²) < 4.78 is 5.26. The highest BCUT2D eigenvalue weighted by Crippen LogP contribution is 2.26. The average molecular weight is 243 g/mol. The summed E-state index contributed by atoms with van der Waals surface area (Å²) in [5.74, 6) is -0.000318. The lowest BCUT2D eigenvalue weighted by Gasteiger charge is -2.27. The Morgan fingerprint density at radius 3 is 2.76 bits per heavy atom. The fourth-order valence-corrected chi connectivity index (χ4v) is 1.73. The van der Waals surface area contributed by atoms with Crippen molar-refractivity contribution < 1.29 is 9.53 Å². The number of rotatable bonds is 5. The third-order valence-electron chi connectivity index (χ3n) is 3.67. The molecule has 2 unspecified atom stereocenters. The van der Waals surface area contributed by atoms with E-state index >= 15 is 0 Å². The molecule has 0 bridgehead atoms. The minimum atomic E-state index is -0.573. The van der Waals surface area contributed by atoms with Gasteiger partial charge in [0.05, 0.1) is 18.6 Å². The van der Waals surface area contributed by atoms with E-state index in [-0.39, 0.29) is 11.9 Å². The molecule has 1 saturated heterocycles. The Balaban J connectivity index is 2.35. The van der Waals surface area contributed by atoms with Gasteiger partial charge >= 0.3 is 0 Å². The number of carbonyl (C=O) groups is 1. The maximum atomic E-state index is 12.0. The first-order chi connectivity index (χ1) is 7.88. The number of amides is 1. The largest absolute Gasteiger partial charge is 0.379 e. The summed E-state index contributed by atoms with van der Waals surface area (Å²) >= 11 is 0. The van der Waals surface area contributed by atoms with Crippen molar-refractivity contribution in [1.82, 2.24) is 10.2 Å². The molecule has 1 fully saturated rings. The number of nitrogens with zero attached hydrogens (tertiary/aromatic N) is 1. The molecule has 5 heteroatoms. The van der Waals surface area contributed by atoms with Crippen molar-refractivity contribution in [1.29, 1.82) is 0 Å². The predicted octanol–water partition coefficient (Wildman–Crippen LogP) is -0.193. The van der Waals surface area contributed by atoms with Gasteiger partial charge in [0.15, 0.2) is 0 Å². The first-order valence-corrected chi connectivity index (χ1v) is 6.20. The second-order valence-electron chi connectivity index (χ2n) is 5.37. The Bertz CT molecular complexity index is 270. The van der Waals surface area contributed by atoms with E-state index in [1.165, 1.54) is 0 Å². The monoisotopic (exact) mass is 243 g/mol. The third kappa shape index (κ3) is 3.40. The van der Waals surface area contributed by atoms with Crippen LogP contribution in [0.1, 0.15) is 20.8 Å². The Hall–Kier alpha value is -0.650. The van der Waals surface area contributed by atoms with Crippen LogP contribution >= 0.6 is 0 Å². The van der Waals surface area contributed by atoms with Crippen molar-refractivity contribution in [2.24, 2.45) is 11.1 Å². The summed E-state index contributed by atoms with van der Waals surface area (Å²) in [7, 11) is 2.04. The van der Waals surface area contributed by atoms with Crippen molar-refractivity contribution >= 4 is 5.91 Å². The van der Waals surface area contributed by atoms with Crippen LogP contribution in [0.15, 0.2) is 0 Å². The van der Waals surface area contributed by atoms with Gasteiger partial charge in [-0.2, -0.15) is 0 Å². The molecule has 1 rings (SSSR count). The van der Waals surface area contributed by atoms with E-state index in [9.17, 15) is 4.79 Å². The number of nitrogens with two attached hydrogens (primary N) is 1. The fraction of sp³-hybridized carbons (Fsp3) is 0.917. The zero-order chi connectivity index (χ0) is 13.1. The van der Waals surface area contributed by atoms with Crippen molar-refractivity contribution in [2.75, 3.05) is 33.4 Å². The quantitative estimate of drug-likeness (QED) is 0.702. The normalized spacial score (nSPS) is 29.0. The summed E-state index contributed by atoms with van der Waals surface area (Å²) in [4.78, 5) is 14.2.